The molecule has 1 aromatic rings. The van der Waals surface area contributed by atoms with Crippen LogP contribution in [0.3, 0.4) is 0 Å². The Balaban J connectivity index is 2.94. The first-order valence-corrected chi connectivity index (χ1v) is 5.47. The average Bonchev–Trinajstić information content (AvgIpc) is 2.26. The summed E-state index contributed by atoms with van der Waals surface area (Å²) in [4.78, 5) is 0. The number of aliphatic hydroxyl groups is 1. The summed E-state index contributed by atoms with van der Waals surface area (Å²) in [5.41, 5.74) is -1.75. The molecular weight excluding hydrogens is 231 g/mol. The van der Waals surface area contributed by atoms with Crippen molar-refractivity contribution < 1.29 is 18.3 Å². The topological polar surface area (TPSA) is 32.3 Å². The number of rotatable bonds is 5. The Bertz CT molecular complexity index is 394. The molecule has 0 saturated carbocycles. The molecule has 2 nitrogen and oxygen atoms in total. The second-order valence-corrected chi connectivity index (χ2v) is 4.10. The highest BCUT2D eigenvalue weighted by Gasteiger charge is 2.28. The molecule has 0 aromatic heterocycles. The molecule has 0 fully saturated rings. The van der Waals surface area contributed by atoms with E-state index in [2.05, 4.69) is 5.32 Å². The van der Waals surface area contributed by atoms with E-state index in [1.807, 2.05) is 6.92 Å². The second-order valence-electron chi connectivity index (χ2n) is 4.10. The number of hydrogen-bond donors (Lipinski definition) is 2. The molecule has 96 valence electrons. The van der Waals surface area contributed by atoms with Crippen molar-refractivity contribution in [3.05, 3.63) is 35.1 Å². The van der Waals surface area contributed by atoms with Gasteiger partial charge in [-0.1, -0.05) is 13.0 Å². The van der Waals surface area contributed by atoms with Crippen LogP contribution in [0.4, 0.5) is 13.2 Å². The van der Waals surface area contributed by atoms with Gasteiger partial charge in [0.25, 0.3) is 0 Å². The summed E-state index contributed by atoms with van der Waals surface area (Å²) in [5, 5.41) is 13.0. The van der Waals surface area contributed by atoms with Crippen molar-refractivity contribution in [1.29, 1.82) is 0 Å². The minimum absolute atomic E-state index is 0.211. The Morgan fingerprint density at radius 1 is 1.24 bits per heavy atom. The molecule has 0 saturated heterocycles. The number of hydrogen-bond acceptors (Lipinski definition) is 2. The molecule has 0 bridgehead atoms. The summed E-state index contributed by atoms with van der Waals surface area (Å²) in [6, 6.07) is 1.88. The van der Waals surface area contributed by atoms with E-state index >= 15 is 0 Å². The molecule has 1 aromatic carbocycles. The van der Waals surface area contributed by atoms with Crippen LogP contribution >= 0.6 is 0 Å². The van der Waals surface area contributed by atoms with Gasteiger partial charge in [0.15, 0.2) is 17.5 Å². The van der Waals surface area contributed by atoms with Crippen LogP contribution in [0.25, 0.3) is 0 Å². The Labute approximate surface area is 98.5 Å². The molecule has 0 aliphatic heterocycles. The van der Waals surface area contributed by atoms with Gasteiger partial charge in [-0.3, -0.25) is 0 Å². The van der Waals surface area contributed by atoms with Gasteiger partial charge in [-0.25, -0.2) is 13.2 Å². The Morgan fingerprint density at radius 2 is 1.88 bits per heavy atom. The lowest BCUT2D eigenvalue weighted by atomic mass is 9.92. The molecule has 0 heterocycles. The summed E-state index contributed by atoms with van der Waals surface area (Å²) in [6.07, 6.45) is 0.211. The highest BCUT2D eigenvalue weighted by atomic mass is 19.2. The predicted octanol–water partition coefficient (Wildman–Crippen LogP) is 2.31. The first kappa shape index (κ1) is 14.0. The molecule has 1 rings (SSSR count). The third kappa shape index (κ3) is 3.20. The van der Waals surface area contributed by atoms with Crippen molar-refractivity contribution in [2.75, 3.05) is 13.1 Å². The minimum Gasteiger partial charge on any atom is -0.385 e. The highest BCUT2D eigenvalue weighted by Crippen LogP contribution is 2.28. The van der Waals surface area contributed by atoms with Crippen molar-refractivity contribution in [2.24, 2.45) is 0 Å². The van der Waals surface area contributed by atoms with Gasteiger partial charge in [0.05, 0.1) is 5.60 Å². The maximum atomic E-state index is 13.5. The van der Waals surface area contributed by atoms with E-state index in [0.717, 1.165) is 18.7 Å². The minimum atomic E-state index is -1.55. The zero-order chi connectivity index (χ0) is 13.1. The van der Waals surface area contributed by atoms with Crippen molar-refractivity contribution in [1.82, 2.24) is 5.32 Å². The number of benzene rings is 1. The zero-order valence-corrected chi connectivity index (χ0v) is 9.86. The van der Waals surface area contributed by atoms with Gasteiger partial charge < -0.3 is 10.4 Å². The lowest BCUT2D eigenvalue weighted by molar-refractivity contribution is 0.0435. The maximum absolute atomic E-state index is 13.5. The molecule has 5 heteroatoms. The first-order chi connectivity index (χ1) is 7.90. The van der Waals surface area contributed by atoms with Crippen LogP contribution in [0.15, 0.2) is 12.1 Å². The van der Waals surface area contributed by atoms with Gasteiger partial charge in [0, 0.05) is 5.56 Å². The van der Waals surface area contributed by atoms with Crippen LogP contribution in [-0.4, -0.2) is 18.2 Å². The first-order valence-electron chi connectivity index (χ1n) is 5.47. The van der Waals surface area contributed by atoms with Crippen LogP contribution in [0, 0.1) is 17.5 Å². The van der Waals surface area contributed by atoms with Crippen LogP contribution in [0.1, 0.15) is 25.8 Å². The summed E-state index contributed by atoms with van der Waals surface area (Å²) < 4.78 is 39.3. The molecular formula is C12H16F3NO. The predicted molar refractivity (Wildman–Crippen MR) is 59.0 cm³/mol. The number of halogens is 3. The zero-order valence-electron chi connectivity index (χ0n) is 9.86. The van der Waals surface area contributed by atoms with E-state index < -0.39 is 23.1 Å². The summed E-state index contributed by atoms with van der Waals surface area (Å²) in [7, 11) is 0. The molecule has 0 spiro atoms. The van der Waals surface area contributed by atoms with Gasteiger partial charge in [-0.2, -0.15) is 0 Å². The van der Waals surface area contributed by atoms with Crippen LogP contribution in [-0.2, 0) is 5.60 Å². The Kier molecular flexibility index (Phi) is 4.54. The van der Waals surface area contributed by atoms with Crippen molar-refractivity contribution in [3.63, 3.8) is 0 Å². The molecule has 1 atom stereocenters. The van der Waals surface area contributed by atoms with Crippen molar-refractivity contribution >= 4 is 0 Å². The van der Waals surface area contributed by atoms with E-state index in [-0.39, 0.29) is 12.0 Å². The molecule has 0 amide bonds. The fourth-order valence-corrected chi connectivity index (χ4v) is 1.59. The van der Waals surface area contributed by atoms with Gasteiger partial charge >= 0.3 is 0 Å². The van der Waals surface area contributed by atoms with E-state index in [1.165, 1.54) is 6.92 Å². The largest absolute Gasteiger partial charge is 0.385 e. The molecule has 17 heavy (non-hydrogen) atoms. The standard InChI is InChI=1S/C12H16F3NO/c1-3-16-7-6-12(2,17)8-4-5-9(13)11(15)10(8)14/h4-5,16-17H,3,6-7H2,1-2H3. The van der Waals surface area contributed by atoms with Crippen LogP contribution in [0.5, 0.6) is 0 Å². The normalized spacial score (nSPS) is 14.7. The molecule has 2 N–H and O–H groups in total. The van der Waals surface area contributed by atoms with E-state index in [0.29, 0.717) is 6.54 Å². The number of nitrogens with one attached hydrogen (secondary N) is 1. The maximum Gasteiger partial charge on any atom is 0.194 e. The molecule has 0 aliphatic carbocycles. The monoisotopic (exact) mass is 247 g/mol. The van der Waals surface area contributed by atoms with Crippen LogP contribution < -0.4 is 5.32 Å². The van der Waals surface area contributed by atoms with E-state index in [9.17, 15) is 18.3 Å². The SMILES string of the molecule is CCNCCC(C)(O)c1ccc(F)c(F)c1F. The second kappa shape index (κ2) is 5.51. The van der Waals surface area contributed by atoms with Gasteiger partial charge in [-0.15, -0.1) is 0 Å². The molecule has 1 unspecified atom stereocenters. The molecule has 0 aliphatic rings. The third-order valence-corrected chi connectivity index (χ3v) is 2.65. The van der Waals surface area contributed by atoms with E-state index in [1.54, 1.807) is 0 Å². The summed E-state index contributed by atoms with van der Waals surface area (Å²) in [6.45, 7) is 4.45. The quantitative estimate of drug-likeness (QED) is 0.618. The van der Waals surface area contributed by atoms with Crippen molar-refractivity contribution in [3.8, 4) is 0 Å². The fourth-order valence-electron chi connectivity index (χ4n) is 1.59. The average molecular weight is 247 g/mol. The lowest BCUT2D eigenvalue weighted by Crippen LogP contribution is -2.29. The summed E-state index contributed by atoms with van der Waals surface area (Å²) >= 11 is 0. The van der Waals surface area contributed by atoms with E-state index in [4.69, 9.17) is 0 Å². The van der Waals surface area contributed by atoms with Crippen molar-refractivity contribution in [2.45, 2.75) is 25.9 Å². The van der Waals surface area contributed by atoms with Crippen LogP contribution in [0.2, 0.25) is 0 Å². The van der Waals surface area contributed by atoms with Gasteiger partial charge in [0.2, 0.25) is 0 Å². The Hall–Kier alpha value is -1.07. The smallest absolute Gasteiger partial charge is 0.194 e. The third-order valence-electron chi connectivity index (χ3n) is 2.65. The fraction of sp³-hybridized carbons (Fsp3) is 0.500. The highest BCUT2D eigenvalue weighted by molar-refractivity contribution is 5.25. The summed E-state index contributed by atoms with van der Waals surface area (Å²) in [5.74, 6) is -4.13. The van der Waals surface area contributed by atoms with Gasteiger partial charge in [-0.05, 0) is 32.5 Å². The Morgan fingerprint density at radius 3 is 2.47 bits per heavy atom. The molecule has 0 radical (unpaired) electrons. The lowest BCUT2D eigenvalue weighted by Gasteiger charge is -2.24. The van der Waals surface area contributed by atoms with Gasteiger partial charge in [0.1, 0.15) is 0 Å².